The van der Waals surface area contributed by atoms with Gasteiger partial charge in [-0.2, -0.15) is 0 Å². The maximum Gasteiger partial charge on any atom is 0.0505 e. The highest BCUT2D eigenvalue weighted by atomic mass is 14.7. The molecule has 0 radical (unpaired) electrons. The van der Waals surface area contributed by atoms with E-state index in [0.717, 1.165) is 11.1 Å². The Morgan fingerprint density at radius 3 is 3.00 bits per heavy atom. The minimum absolute atomic E-state index is 0.0950. The number of hydrogen-bond donors (Lipinski definition) is 2. The van der Waals surface area contributed by atoms with Crippen LogP contribution in [-0.2, 0) is 0 Å². The first-order valence-corrected chi connectivity index (χ1v) is 4.27. The average molecular weight is 172 g/mol. The van der Waals surface area contributed by atoms with Gasteiger partial charge in [-0.25, -0.2) is 0 Å². The van der Waals surface area contributed by atoms with Gasteiger partial charge in [0.2, 0.25) is 0 Å². The van der Waals surface area contributed by atoms with Gasteiger partial charge in [0, 0.05) is 12.2 Å². The van der Waals surface area contributed by atoms with E-state index in [2.05, 4.69) is 17.6 Å². The van der Waals surface area contributed by atoms with Crippen LogP contribution in [0.15, 0.2) is 43.1 Å². The normalized spacial score (nSPS) is 13.0. The Hall–Kier alpha value is -1.54. The number of fused-ring (bicyclic) bond motifs is 1. The second-order valence-electron chi connectivity index (χ2n) is 3.05. The summed E-state index contributed by atoms with van der Waals surface area (Å²) >= 11 is 0. The molecule has 0 bridgehead atoms. The Balaban J connectivity index is 2.67. The molecule has 3 N–H and O–H groups in total. The Morgan fingerprint density at radius 2 is 2.23 bits per heavy atom. The molecule has 2 heteroatoms. The van der Waals surface area contributed by atoms with E-state index < -0.39 is 0 Å². The first-order chi connectivity index (χ1) is 6.33. The second-order valence-corrected chi connectivity index (χ2v) is 3.05. The molecule has 1 heterocycles. The standard InChI is InChI=1S/C11H12N2/c1-2-10(12)9-5-3-4-8-6-7-13-11(8)9/h2-7,10,13H,1,12H2. The molecule has 2 aromatic rings. The molecule has 0 aliphatic rings. The summed E-state index contributed by atoms with van der Waals surface area (Å²) in [6.07, 6.45) is 3.67. The van der Waals surface area contributed by atoms with Gasteiger partial charge < -0.3 is 10.7 Å². The zero-order valence-corrected chi connectivity index (χ0v) is 7.33. The van der Waals surface area contributed by atoms with Crippen LogP contribution in [0, 0.1) is 0 Å². The van der Waals surface area contributed by atoms with Gasteiger partial charge in [0.15, 0.2) is 0 Å². The maximum absolute atomic E-state index is 5.88. The van der Waals surface area contributed by atoms with Gasteiger partial charge in [0.05, 0.1) is 5.52 Å². The van der Waals surface area contributed by atoms with E-state index in [-0.39, 0.29) is 6.04 Å². The van der Waals surface area contributed by atoms with E-state index in [9.17, 15) is 0 Å². The molecule has 66 valence electrons. The summed E-state index contributed by atoms with van der Waals surface area (Å²) < 4.78 is 0. The quantitative estimate of drug-likeness (QED) is 0.671. The Morgan fingerprint density at radius 1 is 1.38 bits per heavy atom. The number of rotatable bonds is 2. The number of aromatic nitrogens is 1. The number of nitrogens with two attached hydrogens (primary N) is 1. The molecule has 2 rings (SSSR count). The van der Waals surface area contributed by atoms with Crippen LogP contribution in [0.5, 0.6) is 0 Å². The molecule has 1 aromatic heterocycles. The molecular formula is C11H12N2. The molecule has 0 aliphatic heterocycles. The van der Waals surface area contributed by atoms with Gasteiger partial charge >= 0.3 is 0 Å². The highest BCUT2D eigenvalue weighted by Crippen LogP contribution is 2.21. The van der Waals surface area contributed by atoms with Crippen LogP contribution in [0.25, 0.3) is 10.9 Å². The van der Waals surface area contributed by atoms with Crippen LogP contribution in [0.3, 0.4) is 0 Å². The summed E-state index contributed by atoms with van der Waals surface area (Å²) in [4.78, 5) is 3.18. The van der Waals surface area contributed by atoms with Crippen molar-refractivity contribution in [3.63, 3.8) is 0 Å². The third-order valence-corrected chi connectivity index (χ3v) is 2.23. The first kappa shape index (κ1) is 8.08. The van der Waals surface area contributed by atoms with Gasteiger partial charge in [-0.05, 0) is 17.0 Å². The molecule has 1 unspecified atom stereocenters. The van der Waals surface area contributed by atoms with Gasteiger partial charge in [-0.1, -0.05) is 24.3 Å². The van der Waals surface area contributed by atoms with Crippen LogP contribution < -0.4 is 5.73 Å². The first-order valence-electron chi connectivity index (χ1n) is 4.27. The van der Waals surface area contributed by atoms with Crippen molar-refractivity contribution in [2.75, 3.05) is 0 Å². The SMILES string of the molecule is C=CC(N)c1cccc2cc[nH]c12. The number of H-pyrrole nitrogens is 1. The lowest BCUT2D eigenvalue weighted by atomic mass is 10.1. The minimum Gasteiger partial charge on any atom is -0.361 e. The fraction of sp³-hybridized carbons (Fsp3) is 0.0909. The fourth-order valence-electron chi connectivity index (χ4n) is 1.51. The zero-order valence-electron chi connectivity index (χ0n) is 7.33. The lowest BCUT2D eigenvalue weighted by Crippen LogP contribution is -2.06. The maximum atomic E-state index is 5.88. The monoisotopic (exact) mass is 172 g/mol. The number of hydrogen-bond acceptors (Lipinski definition) is 1. The molecular weight excluding hydrogens is 160 g/mol. The molecule has 2 nitrogen and oxygen atoms in total. The molecule has 0 fully saturated rings. The molecule has 1 atom stereocenters. The molecule has 0 amide bonds. The van der Waals surface area contributed by atoms with E-state index in [4.69, 9.17) is 5.73 Å². The van der Waals surface area contributed by atoms with E-state index >= 15 is 0 Å². The number of aromatic amines is 1. The minimum atomic E-state index is -0.0950. The van der Waals surface area contributed by atoms with Crippen molar-refractivity contribution in [1.82, 2.24) is 4.98 Å². The topological polar surface area (TPSA) is 41.8 Å². The van der Waals surface area contributed by atoms with Gasteiger partial charge in [0.1, 0.15) is 0 Å². The molecule has 13 heavy (non-hydrogen) atoms. The van der Waals surface area contributed by atoms with Crippen LogP contribution in [0.1, 0.15) is 11.6 Å². The summed E-state index contributed by atoms with van der Waals surface area (Å²) in [5, 5.41) is 1.19. The average Bonchev–Trinajstić information content (AvgIpc) is 2.63. The number of benzene rings is 1. The third-order valence-electron chi connectivity index (χ3n) is 2.23. The number of para-hydroxylation sites is 1. The molecule has 1 aromatic carbocycles. The van der Waals surface area contributed by atoms with E-state index in [1.807, 2.05) is 24.4 Å². The van der Waals surface area contributed by atoms with Crippen molar-refractivity contribution in [1.29, 1.82) is 0 Å². The van der Waals surface area contributed by atoms with E-state index in [0.29, 0.717) is 0 Å². The second kappa shape index (κ2) is 3.07. The third kappa shape index (κ3) is 1.25. The predicted molar refractivity (Wildman–Crippen MR) is 55.4 cm³/mol. The van der Waals surface area contributed by atoms with Gasteiger partial charge in [-0.3, -0.25) is 0 Å². The lowest BCUT2D eigenvalue weighted by Gasteiger charge is -2.07. The number of nitrogens with one attached hydrogen (secondary N) is 1. The molecule has 0 saturated carbocycles. The fourth-order valence-corrected chi connectivity index (χ4v) is 1.51. The van der Waals surface area contributed by atoms with Gasteiger partial charge in [0.25, 0.3) is 0 Å². The van der Waals surface area contributed by atoms with Crippen molar-refractivity contribution in [2.45, 2.75) is 6.04 Å². The van der Waals surface area contributed by atoms with Crippen molar-refractivity contribution in [3.05, 3.63) is 48.7 Å². The Kier molecular flexibility index (Phi) is 1.91. The molecule has 0 saturated heterocycles. The predicted octanol–water partition coefficient (Wildman–Crippen LogP) is 2.35. The van der Waals surface area contributed by atoms with Crippen molar-refractivity contribution in [2.24, 2.45) is 5.73 Å². The van der Waals surface area contributed by atoms with E-state index in [1.54, 1.807) is 6.08 Å². The van der Waals surface area contributed by atoms with Crippen LogP contribution in [0.2, 0.25) is 0 Å². The largest absolute Gasteiger partial charge is 0.361 e. The highest BCUT2D eigenvalue weighted by Gasteiger charge is 2.05. The molecule has 0 spiro atoms. The van der Waals surface area contributed by atoms with Gasteiger partial charge in [-0.15, -0.1) is 6.58 Å². The van der Waals surface area contributed by atoms with Crippen molar-refractivity contribution < 1.29 is 0 Å². The van der Waals surface area contributed by atoms with Crippen LogP contribution in [-0.4, -0.2) is 4.98 Å². The lowest BCUT2D eigenvalue weighted by molar-refractivity contribution is 0.922. The van der Waals surface area contributed by atoms with Crippen molar-refractivity contribution in [3.8, 4) is 0 Å². The Bertz CT molecular complexity index is 428. The summed E-state index contributed by atoms with van der Waals surface area (Å²) in [5.74, 6) is 0. The summed E-state index contributed by atoms with van der Waals surface area (Å²) in [6, 6.07) is 8.03. The summed E-state index contributed by atoms with van der Waals surface area (Å²) in [7, 11) is 0. The Labute approximate surface area is 77.1 Å². The summed E-state index contributed by atoms with van der Waals surface area (Å²) in [6.45, 7) is 3.69. The van der Waals surface area contributed by atoms with Crippen molar-refractivity contribution >= 4 is 10.9 Å². The summed E-state index contributed by atoms with van der Waals surface area (Å²) in [5.41, 5.74) is 8.08. The zero-order chi connectivity index (χ0) is 9.26. The van der Waals surface area contributed by atoms with Crippen LogP contribution in [0.4, 0.5) is 0 Å². The molecule has 0 aliphatic carbocycles. The highest BCUT2D eigenvalue weighted by molar-refractivity contribution is 5.83. The van der Waals surface area contributed by atoms with Crippen LogP contribution >= 0.6 is 0 Å². The van der Waals surface area contributed by atoms with E-state index in [1.165, 1.54) is 5.39 Å². The smallest absolute Gasteiger partial charge is 0.0505 e.